The molecule has 5 heteroatoms. The van der Waals surface area contributed by atoms with E-state index in [1.54, 1.807) is 12.1 Å². The second-order valence-electron chi connectivity index (χ2n) is 6.90. The van der Waals surface area contributed by atoms with E-state index >= 15 is 0 Å². The molecule has 5 nitrogen and oxygen atoms in total. The van der Waals surface area contributed by atoms with E-state index in [-0.39, 0.29) is 11.9 Å². The van der Waals surface area contributed by atoms with Crippen LogP contribution in [-0.2, 0) is 17.8 Å². The highest BCUT2D eigenvalue weighted by Gasteiger charge is 2.33. The number of anilines is 2. The molecule has 0 aromatic heterocycles. The summed E-state index contributed by atoms with van der Waals surface area (Å²) in [5.41, 5.74) is 9.48. The predicted molar refractivity (Wildman–Crippen MR) is 110 cm³/mol. The molecule has 3 aromatic carbocycles. The number of rotatable bonds is 5. The van der Waals surface area contributed by atoms with E-state index in [1.807, 2.05) is 66.7 Å². The van der Waals surface area contributed by atoms with Gasteiger partial charge in [-0.3, -0.25) is 9.59 Å². The van der Waals surface area contributed by atoms with Gasteiger partial charge in [0.1, 0.15) is 6.04 Å². The Hall–Kier alpha value is -3.60. The van der Waals surface area contributed by atoms with Crippen molar-refractivity contribution in [3.8, 4) is 0 Å². The summed E-state index contributed by atoms with van der Waals surface area (Å²) in [6, 6.07) is 24.9. The van der Waals surface area contributed by atoms with Gasteiger partial charge in [-0.05, 0) is 29.3 Å². The van der Waals surface area contributed by atoms with Crippen molar-refractivity contribution in [3.05, 3.63) is 95.6 Å². The number of hydrogen-bond acceptors (Lipinski definition) is 3. The monoisotopic (exact) mass is 371 g/mol. The molecule has 0 saturated heterocycles. The van der Waals surface area contributed by atoms with Gasteiger partial charge in [-0.2, -0.15) is 0 Å². The average Bonchev–Trinajstić information content (AvgIpc) is 2.71. The molecule has 3 N–H and O–H groups in total. The number of carbonyl (C=O) groups excluding carboxylic acids is 2. The predicted octanol–water partition coefficient (Wildman–Crippen LogP) is 3.36. The lowest BCUT2D eigenvalue weighted by Gasteiger charge is -2.38. The second-order valence-corrected chi connectivity index (χ2v) is 6.90. The Morgan fingerprint density at radius 1 is 0.929 bits per heavy atom. The minimum Gasteiger partial charge on any atom is -0.366 e. The van der Waals surface area contributed by atoms with Crippen LogP contribution in [0.2, 0.25) is 0 Å². The molecule has 140 valence electrons. The van der Waals surface area contributed by atoms with Crippen LogP contribution in [0.3, 0.4) is 0 Å². The topological polar surface area (TPSA) is 75.4 Å². The molecule has 0 bridgehead atoms. The van der Waals surface area contributed by atoms with Crippen LogP contribution in [0.1, 0.15) is 21.5 Å². The summed E-state index contributed by atoms with van der Waals surface area (Å²) in [4.78, 5) is 26.6. The fourth-order valence-corrected chi connectivity index (χ4v) is 3.58. The van der Waals surface area contributed by atoms with Gasteiger partial charge in [-0.25, -0.2) is 0 Å². The number of nitrogens with one attached hydrogen (secondary N) is 1. The minimum atomic E-state index is -0.516. The van der Waals surface area contributed by atoms with Crippen molar-refractivity contribution in [2.75, 3.05) is 10.2 Å². The lowest BCUT2D eigenvalue weighted by molar-refractivity contribution is -0.117. The average molecular weight is 371 g/mol. The summed E-state index contributed by atoms with van der Waals surface area (Å²) in [6.07, 6.45) is 0.594. The van der Waals surface area contributed by atoms with Gasteiger partial charge in [-0.1, -0.05) is 60.7 Å². The molecule has 0 spiro atoms. The summed E-state index contributed by atoms with van der Waals surface area (Å²) in [6.45, 7) is 0.592. The SMILES string of the molecule is NC(=O)c1ccc2c(c1)NC(=O)[C@H](Cc1ccccc1)N2Cc1ccccc1. The van der Waals surface area contributed by atoms with Crippen molar-refractivity contribution in [3.63, 3.8) is 0 Å². The van der Waals surface area contributed by atoms with Crippen LogP contribution in [0.4, 0.5) is 11.4 Å². The van der Waals surface area contributed by atoms with E-state index in [2.05, 4.69) is 10.2 Å². The molecule has 0 saturated carbocycles. The van der Waals surface area contributed by atoms with Crippen molar-refractivity contribution >= 4 is 23.2 Å². The summed E-state index contributed by atoms with van der Waals surface area (Å²) in [5.74, 6) is -0.605. The maximum absolute atomic E-state index is 13.0. The first kappa shape index (κ1) is 17.8. The Balaban J connectivity index is 1.74. The first-order valence-corrected chi connectivity index (χ1v) is 9.21. The Labute approximate surface area is 163 Å². The molecule has 0 fully saturated rings. The zero-order valence-corrected chi connectivity index (χ0v) is 15.3. The summed E-state index contributed by atoms with van der Waals surface area (Å²) in [5, 5.41) is 2.95. The molecule has 0 aliphatic carbocycles. The molecular weight excluding hydrogens is 350 g/mol. The quantitative estimate of drug-likeness (QED) is 0.722. The fraction of sp³-hybridized carbons (Fsp3) is 0.130. The zero-order valence-electron chi connectivity index (χ0n) is 15.3. The van der Waals surface area contributed by atoms with Gasteiger partial charge in [0.2, 0.25) is 11.8 Å². The number of hydrogen-bond donors (Lipinski definition) is 2. The normalized spacial score (nSPS) is 15.6. The first-order valence-electron chi connectivity index (χ1n) is 9.21. The van der Waals surface area contributed by atoms with Crippen molar-refractivity contribution in [1.82, 2.24) is 0 Å². The van der Waals surface area contributed by atoms with Crippen LogP contribution in [0.15, 0.2) is 78.9 Å². The van der Waals surface area contributed by atoms with E-state index in [4.69, 9.17) is 5.73 Å². The maximum atomic E-state index is 13.0. The van der Waals surface area contributed by atoms with Crippen LogP contribution >= 0.6 is 0 Å². The Kier molecular flexibility index (Phi) is 4.81. The molecule has 1 aliphatic heterocycles. The number of amides is 2. The molecular formula is C23H21N3O2. The summed E-state index contributed by atoms with van der Waals surface area (Å²) < 4.78 is 0. The van der Waals surface area contributed by atoms with E-state index < -0.39 is 5.91 Å². The van der Waals surface area contributed by atoms with Crippen molar-refractivity contribution in [2.45, 2.75) is 19.0 Å². The lowest BCUT2D eigenvalue weighted by atomic mass is 9.98. The zero-order chi connectivity index (χ0) is 19.5. The van der Waals surface area contributed by atoms with E-state index in [1.165, 1.54) is 0 Å². The molecule has 4 rings (SSSR count). The second kappa shape index (κ2) is 7.56. The highest BCUT2D eigenvalue weighted by atomic mass is 16.2. The highest BCUT2D eigenvalue weighted by molar-refractivity contribution is 6.05. The Morgan fingerprint density at radius 2 is 1.57 bits per heavy atom. The van der Waals surface area contributed by atoms with Crippen LogP contribution in [0, 0.1) is 0 Å². The number of carbonyl (C=O) groups is 2. The van der Waals surface area contributed by atoms with Gasteiger partial charge in [-0.15, -0.1) is 0 Å². The van der Waals surface area contributed by atoms with E-state index in [0.717, 1.165) is 16.8 Å². The Morgan fingerprint density at radius 3 is 2.21 bits per heavy atom. The molecule has 1 heterocycles. The van der Waals surface area contributed by atoms with Crippen LogP contribution in [0.25, 0.3) is 0 Å². The number of fused-ring (bicyclic) bond motifs is 1. The molecule has 1 atom stereocenters. The van der Waals surface area contributed by atoms with Crippen molar-refractivity contribution < 1.29 is 9.59 Å². The van der Waals surface area contributed by atoms with E-state index in [9.17, 15) is 9.59 Å². The van der Waals surface area contributed by atoms with Gasteiger partial charge in [0.25, 0.3) is 0 Å². The number of nitrogens with two attached hydrogens (primary N) is 1. The maximum Gasteiger partial charge on any atom is 0.248 e. The first-order chi connectivity index (χ1) is 13.6. The third-order valence-electron chi connectivity index (χ3n) is 4.99. The Bertz CT molecular complexity index is 1000. The summed E-state index contributed by atoms with van der Waals surface area (Å²) >= 11 is 0. The van der Waals surface area contributed by atoms with Crippen molar-refractivity contribution in [1.29, 1.82) is 0 Å². The molecule has 2 amide bonds. The third-order valence-corrected chi connectivity index (χ3v) is 4.99. The lowest BCUT2D eigenvalue weighted by Crippen LogP contribution is -2.49. The minimum absolute atomic E-state index is 0.0890. The highest BCUT2D eigenvalue weighted by Crippen LogP contribution is 2.35. The summed E-state index contributed by atoms with van der Waals surface area (Å²) in [7, 11) is 0. The van der Waals surface area contributed by atoms with Gasteiger partial charge in [0.15, 0.2) is 0 Å². The smallest absolute Gasteiger partial charge is 0.248 e. The number of nitrogens with zero attached hydrogens (tertiary/aromatic N) is 1. The van der Waals surface area contributed by atoms with Crippen LogP contribution < -0.4 is 16.0 Å². The molecule has 0 radical (unpaired) electrons. The standard InChI is InChI=1S/C23H21N3O2/c24-22(27)18-11-12-20-19(14-18)25-23(28)21(13-16-7-3-1-4-8-16)26(20)15-17-9-5-2-6-10-17/h1-12,14,21H,13,15H2,(H2,24,27)(H,25,28)/t21-/m0/s1. The van der Waals surface area contributed by atoms with Crippen molar-refractivity contribution in [2.24, 2.45) is 5.73 Å². The molecule has 1 aliphatic rings. The number of primary amides is 1. The van der Waals surface area contributed by atoms with Crippen LogP contribution in [-0.4, -0.2) is 17.9 Å². The van der Waals surface area contributed by atoms with E-state index in [0.29, 0.717) is 24.2 Å². The largest absolute Gasteiger partial charge is 0.366 e. The van der Waals surface area contributed by atoms with Gasteiger partial charge < -0.3 is 16.0 Å². The molecule has 3 aromatic rings. The third kappa shape index (κ3) is 3.60. The van der Waals surface area contributed by atoms with Crippen LogP contribution in [0.5, 0.6) is 0 Å². The number of benzene rings is 3. The van der Waals surface area contributed by atoms with Gasteiger partial charge in [0.05, 0.1) is 11.4 Å². The molecule has 28 heavy (non-hydrogen) atoms. The van der Waals surface area contributed by atoms with Gasteiger partial charge >= 0.3 is 0 Å². The fourth-order valence-electron chi connectivity index (χ4n) is 3.58. The molecule has 0 unspecified atom stereocenters. The van der Waals surface area contributed by atoms with Gasteiger partial charge in [0, 0.05) is 18.5 Å².